The highest BCUT2D eigenvalue weighted by atomic mass is 35.5. The molecule has 5 N–H and O–H groups in total. The Morgan fingerprint density at radius 3 is 2.44 bits per heavy atom. The van der Waals surface area contributed by atoms with Gasteiger partial charge in [-0.15, -0.1) is 12.4 Å². The van der Waals surface area contributed by atoms with Crippen LogP contribution in [0.2, 0.25) is 0 Å². The summed E-state index contributed by atoms with van der Waals surface area (Å²) in [7, 11) is 0. The first-order valence-corrected chi connectivity index (χ1v) is 5.89. The fourth-order valence-corrected chi connectivity index (χ4v) is 1.99. The van der Waals surface area contributed by atoms with Crippen molar-refractivity contribution in [2.75, 3.05) is 6.54 Å². The molecule has 4 heteroatoms. The fraction of sp³-hybridized carbons (Fsp3) is 0.286. The van der Waals surface area contributed by atoms with Crippen LogP contribution in [0.5, 0.6) is 5.75 Å². The van der Waals surface area contributed by atoms with Crippen LogP contribution in [0.15, 0.2) is 36.4 Å². The molecule has 0 aromatic heterocycles. The Labute approximate surface area is 113 Å². The summed E-state index contributed by atoms with van der Waals surface area (Å²) in [5, 5.41) is 11.5. The van der Waals surface area contributed by atoms with Crippen molar-refractivity contribution in [3.8, 4) is 5.75 Å². The van der Waals surface area contributed by atoms with Gasteiger partial charge in [-0.2, -0.15) is 0 Å². The quantitative estimate of drug-likeness (QED) is 0.797. The van der Waals surface area contributed by atoms with Gasteiger partial charge >= 0.3 is 0 Å². The third-order valence-electron chi connectivity index (χ3n) is 3.00. The van der Waals surface area contributed by atoms with Crippen LogP contribution in [0.1, 0.15) is 24.4 Å². The van der Waals surface area contributed by atoms with Crippen molar-refractivity contribution in [3.05, 3.63) is 42.0 Å². The molecule has 18 heavy (non-hydrogen) atoms. The Balaban J connectivity index is 0.00000162. The van der Waals surface area contributed by atoms with E-state index < -0.39 is 0 Å². The van der Waals surface area contributed by atoms with Crippen molar-refractivity contribution in [1.29, 1.82) is 0 Å². The van der Waals surface area contributed by atoms with Crippen LogP contribution in [-0.4, -0.2) is 11.7 Å². The van der Waals surface area contributed by atoms with Crippen molar-refractivity contribution in [2.45, 2.75) is 18.9 Å². The summed E-state index contributed by atoms with van der Waals surface area (Å²) in [4.78, 5) is 0. The highest BCUT2D eigenvalue weighted by Gasteiger charge is 2.06. The number of phenols is 1. The van der Waals surface area contributed by atoms with Gasteiger partial charge in [-0.3, -0.25) is 0 Å². The van der Waals surface area contributed by atoms with Gasteiger partial charge in [0.15, 0.2) is 0 Å². The molecule has 0 saturated carbocycles. The second kappa shape index (κ2) is 6.59. The predicted octanol–water partition coefficient (Wildman–Crippen LogP) is 2.71. The maximum Gasteiger partial charge on any atom is 0.116 e. The molecule has 0 unspecified atom stereocenters. The number of hydrogen-bond acceptors (Lipinski definition) is 3. The van der Waals surface area contributed by atoms with Crippen LogP contribution >= 0.6 is 12.4 Å². The molecule has 98 valence electrons. The number of nitrogens with two attached hydrogens (primary N) is 2. The van der Waals surface area contributed by atoms with Crippen molar-refractivity contribution in [1.82, 2.24) is 0 Å². The molecule has 0 fully saturated rings. The predicted molar refractivity (Wildman–Crippen MR) is 78.1 cm³/mol. The Kier molecular flexibility index (Phi) is 5.41. The lowest BCUT2D eigenvalue weighted by molar-refractivity contribution is 0.476. The second-order valence-electron chi connectivity index (χ2n) is 4.33. The molecule has 3 nitrogen and oxygen atoms in total. The van der Waals surface area contributed by atoms with Crippen LogP contribution in [0, 0.1) is 0 Å². The van der Waals surface area contributed by atoms with Crippen molar-refractivity contribution >= 4 is 23.2 Å². The minimum atomic E-state index is 0. The molecule has 0 saturated heterocycles. The monoisotopic (exact) mass is 266 g/mol. The Hall–Kier alpha value is -1.29. The Bertz CT molecular complexity index is 516. The van der Waals surface area contributed by atoms with E-state index in [1.165, 1.54) is 0 Å². The second-order valence-corrected chi connectivity index (χ2v) is 4.33. The molecular formula is C14H19ClN2O. The largest absolute Gasteiger partial charge is 0.508 e. The zero-order chi connectivity index (χ0) is 12.3. The minimum Gasteiger partial charge on any atom is -0.508 e. The molecule has 0 amide bonds. The van der Waals surface area contributed by atoms with Crippen LogP contribution in [0.4, 0.5) is 0 Å². The number of phenolic OH excluding ortho intramolecular Hbond substituents is 1. The number of aromatic hydroxyl groups is 1. The zero-order valence-electron chi connectivity index (χ0n) is 10.2. The van der Waals surface area contributed by atoms with Crippen molar-refractivity contribution in [2.24, 2.45) is 11.5 Å². The lowest BCUT2D eigenvalue weighted by Crippen LogP contribution is -2.12. The molecule has 1 atom stereocenters. The van der Waals surface area contributed by atoms with Crippen LogP contribution < -0.4 is 11.5 Å². The smallest absolute Gasteiger partial charge is 0.116 e. The molecule has 2 aromatic carbocycles. The normalized spacial score (nSPS) is 12.1. The first kappa shape index (κ1) is 14.8. The third-order valence-corrected chi connectivity index (χ3v) is 3.00. The summed E-state index contributed by atoms with van der Waals surface area (Å²) < 4.78 is 0. The topological polar surface area (TPSA) is 72.3 Å². The molecule has 0 aliphatic carbocycles. The van der Waals surface area contributed by atoms with Gasteiger partial charge in [-0.1, -0.05) is 18.2 Å². The average Bonchev–Trinajstić information content (AvgIpc) is 2.35. The van der Waals surface area contributed by atoms with Gasteiger partial charge < -0.3 is 16.6 Å². The first-order chi connectivity index (χ1) is 8.20. The molecule has 0 aliphatic heterocycles. The summed E-state index contributed by atoms with van der Waals surface area (Å²) in [6, 6.07) is 11.5. The minimum absolute atomic E-state index is 0. The van der Waals surface area contributed by atoms with E-state index in [0.717, 1.165) is 29.2 Å². The average molecular weight is 267 g/mol. The highest BCUT2D eigenvalue weighted by Crippen LogP contribution is 2.24. The molecule has 0 heterocycles. The summed E-state index contributed by atoms with van der Waals surface area (Å²) >= 11 is 0. The van der Waals surface area contributed by atoms with E-state index in [-0.39, 0.29) is 24.2 Å². The van der Waals surface area contributed by atoms with Crippen molar-refractivity contribution < 1.29 is 5.11 Å². The van der Waals surface area contributed by atoms with E-state index in [4.69, 9.17) is 11.5 Å². The molecule has 2 rings (SSSR count). The number of rotatable bonds is 4. The highest BCUT2D eigenvalue weighted by molar-refractivity contribution is 5.85. The van der Waals surface area contributed by atoms with Gasteiger partial charge in [0, 0.05) is 6.04 Å². The van der Waals surface area contributed by atoms with E-state index in [1.807, 2.05) is 18.2 Å². The van der Waals surface area contributed by atoms with Gasteiger partial charge in [0.1, 0.15) is 5.75 Å². The first-order valence-electron chi connectivity index (χ1n) is 5.89. The number of hydrogen-bond donors (Lipinski definition) is 3. The van der Waals surface area contributed by atoms with E-state index in [1.54, 1.807) is 12.1 Å². The summed E-state index contributed by atoms with van der Waals surface area (Å²) in [5.41, 5.74) is 12.7. The van der Waals surface area contributed by atoms with E-state index in [2.05, 4.69) is 6.07 Å². The molecule has 0 bridgehead atoms. The Morgan fingerprint density at radius 2 is 1.72 bits per heavy atom. The van der Waals surface area contributed by atoms with Gasteiger partial charge in [-0.25, -0.2) is 0 Å². The number of halogens is 1. The van der Waals surface area contributed by atoms with Crippen LogP contribution in [-0.2, 0) is 0 Å². The van der Waals surface area contributed by atoms with E-state index in [0.29, 0.717) is 6.54 Å². The number of fused-ring (bicyclic) bond motifs is 1. The fourth-order valence-electron chi connectivity index (χ4n) is 1.99. The van der Waals surface area contributed by atoms with Gasteiger partial charge in [0.25, 0.3) is 0 Å². The molecule has 0 aliphatic rings. The summed E-state index contributed by atoms with van der Waals surface area (Å²) in [6.07, 6.45) is 1.84. The maximum absolute atomic E-state index is 9.39. The Morgan fingerprint density at radius 1 is 1.06 bits per heavy atom. The standard InChI is InChI=1S/C14H18N2O.ClH/c15-7-1-2-14(16)12-4-3-11-9-13(17)6-5-10(11)8-12;/h3-6,8-9,14,17H,1-2,7,15-16H2;1H/t14-;/m1./s1. The van der Waals surface area contributed by atoms with Gasteiger partial charge in [0.05, 0.1) is 0 Å². The molecular weight excluding hydrogens is 248 g/mol. The third kappa shape index (κ3) is 3.35. The molecule has 2 aromatic rings. The maximum atomic E-state index is 9.39. The SMILES string of the molecule is Cl.NCCC[C@@H](N)c1ccc2cc(O)ccc2c1. The van der Waals surface area contributed by atoms with Crippen LogP contribution in [0.25, 0.3) is 10.8 Å². The summed E-state index contributed by atoms with van der Waals surface area (Å²) in [5.74, 6) is 0.290. The van der Waals surface area contributed by atoms with E-state index in [9.17, 15) is 5.11 Å². The lowest BCUT2D eigenvalue weighted by atomic mass is 9.99. The van der Waals surface area contributed by atoms with Crippen molar-refractivity contribution in [3.63, 3.8) is 0 Å². The van der Waals surface area contributed by atoms with Gasteiger partial charge in [-0.05, 0) is 53.9 Å². The number of benzene rings is 2. The lowest BCUT2D eigenvalue weighted by Gasteiger charge is -2.12. The molecule has 0 radical (unpaired) electrons. The van der Waals surface area contributed by atoms with E-state index >= 15 is 0 Å². The van der Waals surface area contributed by atoms with Crippen LogP contribution in [0.3, 0.4) is 0 Å². The molecule has 0 spiro atoms. The summed E-state index contributed by atoms with van der Waals surface area (Å²) in [6.45, 7) is 0.676. The van der Waals surface area contributed by atoms with Gasteiger partial charge in [0.2, 0.25) is 0 Å². The zero-order valence-corrected chi connectivity index (χ0v) is 11.0.